The van der Waals surface area contributed by atoms with E-state index < -0.39 is 0 Å². The zero-order valence-corrected chi connectivity index (χ0v) is 16.3. The number of carbonyl (C=O) groups excluding carboxylic acids is 1. The Morgan fingerprint density at radius 2 is 1.96 bits per heavy atom. The number of hydrogen-bond donors (Lipinski definition) is 1. The molecule has 6 heteroatoms. The van der Waals surface area contributed by atoms with Crippen LogP contribution in [0.15, 0.2) is 61.1 Å². The van der Waals surface area contributed by atoms with Crippen LogP contribution < -0.4 is 5.32 Å². The number of nitrogens with zero attached hydrogens (tertiary/aromatic N) is 4. The third-order valence-corrected chi connectivity index (χ3v) is 5.42. The normalized spacial score (nSPS) is 14.5. The van der Waals surface area contributed by atoms with E-state index in [1.54, 1.807) is 29.2 Å². The van der Waals surface area contributed by atoms with E-state index in [-0.39, 0.29) is 11.4 Å². The fourth-order valence-electron chi connectivity index (χ4n) is 3.58. The summed E-state index contributed by atoms with van der Waals surface area (Å²) in [5, 5.41) is 7.22. The van der Waals surface area contributed by atoms with E-state index in [0.29, 0.717) is 17.9 Å². The number of rotatable bonds is 5. The molecule has 1 N–H and O–H groups in total. The molecular weight excluding hydrogens is 350 g/mol. The number of carbonyl (C=O) groups is 1. The molecule has 0 spiro atoms. The predicted octanol–water partition coefficient (Wildman–Crippen LogP) is 2.83. The molecule has 3 aromatic rings. The maximum atomic E-state index is 12.6. The summed E-state index contributed by atoms with van der Waals surface area (Å²) in [5.41, 5.74) is 3.23. The Bertz CT molecular complexity index is 947. The molecule has 0 bridgehead atoms. The number of hydrogen-bond acceptors (Lipinski definition) is 4. The van der Waals surface area contributed by atoms with Crippen LogP contribution >= 0.6 is 0 Å². The molecule has 1 aromatic carbocycles. The molecule has 0 aliphatic carbocycles. The molecule has 1 amide bonds. The minimum absolute atomic E-state index is 0.106. The summed E-state index contributed by atoms with van der Waals surface area (Å²) in [6.07, 6.45) is 6.16. The van der Waals surface area contributed by atoms with Crippen molar-refractivity contribution in [1.82, 2.24) is 25.0 Å². The topological polar surface area (TPSA) is 63.1 Å². The fraction of sp³-hybridized carbons (Fsp3) is 0.318. The number of benzene rings is 1. The Morgan fingerprint density at radius 3 is 2.68 bits per heavy atom. The second-order valence-electron chi connectivity index (χ2n) is 7.79. The lowest BCUT2D eigenvalue weighted by Gasteiger charge is -2.41. The molecule has 0 saturated carbocycles. The van der Waals surface area contributed by atoms with Gasteiger partial charge in [0.25, 0.3) is 5.91 Å². The van der Waals surface area contributed by atoms with Gasteiger partial charge in [-0.25, -0.2) is 9.67 Å². The van der Waals surface area contributed by atoms with Crippen molar-refractivity contribution in [3.8, 4) is 5.82 Å². The van der Waals surface area contributed by atoms with Crippen molar-refractivity contribution in [2.75, 3.05) is 13.1 Å². The van der Waals surface area contributed by atoms with Crippen molar-refractivity contribution >= 4 is 5.91 Å². The standard InChI is InChI=1S/C22H25N5O/c1-22(2,26-13-10-17-6-3-4-7-19(17)15-26)16-24-21(28)18-8-9-20(23-14-18)27-12-5-11-25-27/h3-9,11-12,14H,10,13,15-16H2,1-2H3,(H,24,28). The Kier molecular flexibility index (Phi) is 4.96. The van der Waals surface area contributed by atoms with Gasteiger partial charge in [0, 0.05) is 43.8 Å². The van der Waals surface area contributed by atoms with E-state index in [4.69, 9.17) is 0 Å². The van der Waals surface area contributed by atoms with E-state index in [9.17, 15) is 4.79 Å². The van der Waals surface area contributed by atoms with Crippen LogP contribution in [-0.2, 0) is 13.0 Å². The first-order chi connectivity index (χ1) is 13.5. The van der Waals surface area contributed by atoms with Gasteiger partial charge in [-0.1, -0.05) is 24.3 Å². The second-order valence-corrected chi connectivity index (χ2v) is 7.79. The SMILES string of the molecule is CC(C)(CNC(=O)c1ccc(-n2cccn2)nc1)N1CCc2ccccc2C1. The highest BCUT2D eigenvalue weighted by molar-refractivity contribution is 5.94. The van der Waals surface area contributed by atoms with Crippen LogP contribution in [0.1, 0.15) is 35.3 Å². The molecule has 0 unspecified atom stereocenters. The zero-order valence-electron chi connectivity index (χ0n) is 16.3. The van der Waals surface area contributed by atoms with Gasteiger partial charge in [-0.3, -0.25) is 9.69 Å². The summed E-state index contributed by atoms with van der Waals surface area (Å²) < 4.78 is 1.67. The Hall–Kier alpha value is -2.99. The van der Waals surface area contributed by atoms with E-state index >= 15 is 0 Å². The van der Waals surface area contributed by atoms with Crippen molar-refractivity contribution in [1.29, 1.82) is 0 Å². The van der Waals surface area contributed by atoms with Gasteiger partial charge >= 0.3 is 0 Å². The summed E-state index contributed by atoms with van der Waals surface area (Å²) in [7, 11) is 0. The average Bonchev–Trinajstić information content (AvgIpc) is 3.27. The second kappa shape index (κ2) is 7.56. The first-order valence-electron chi connectivity index (χ1n) is 9.59. The summed E-state index contributed by atoms with van der Waals surface area (Å²) in [6.45, 7) is 6.86. The van der Waals surface area contributed by atoms with Gasteiger partial charge in [0.05, 0.1) is 5.56 Å². The highest BCUT2D eigenvalue weighted by Gasteiger charge is 2.30. The molecule has 2 aromatic heterocycles. The van der Waals surface area contributed by atoms with Crippen LogP contribution in [0.2, 0.25) is 0 Å². The van der Waals surface area contributed by atoms with Crippen LogP contribution in [0.25, 0.3) is 5.82 Å². The van der Waals surface area contributed by atoms with Gasteiger partial charge in [-0.05, 0) is 49.6 Å². The predicted molar refractivity (Wildman–Crippen MR) is 108 cm³/mol. The van der Waals surface area contributed by atoms with Crippen molar-refractivity contribution in [3.63, 3.8) is 0 Å². The molecule has 28 heavy (non-hydrogen) atoms. The smallest absolute Gasteiger partial charge is 0.252 e. The maximum absolute atomic E-state index is 12.6. The van der Waals surface area contributed by atoms with E-state index in [2.05, 4.69) is 58.4 Å². The Labute approximate surface area is 165 Å². The third kappa shape index (κ3) is 3.82. The number of nitrogens with one attached hydrogen (secondary N) is 1. The number of pyridine rings is 1. The minimum atomic E-state index is -0.133. The lowest BCUT2D eigenvalue weighted by Crippen LogP contribution is -2.53. The number of amides is 1. The van der Waals surface area contributed by atoms with Crippen molar-refractivity contribution < 1.29 is 4.79 Å². The zero-order chi connectivity index (χ0) is 19.6. The van der Waals surface area contributed by atoms with Gasteiger partial charge in [0.15, 0.2) is 5.82 Å². The summed E-state index contributed by atoms with van der Waals surface area (Å²) in [5.74, 6) is 0.582. The molecule has 0 fully saturated rings. The first-order valence-corrected chi connectivity index (χ1v) is 9.59. The highest BCUT2D eigenvalue weighted by Crippen LogP contribution is 2.25. The van der Waals surface area contributed by atoms with Crippen LogP contribution in [0, 0.1) is 0 Å². The number of fused-ring (bicyclic) bond motifs is 1. The molecule has 3 heterocycles. The van der Waals surface area contributed by atoms with E-state index in [0.717, 1.165) is 19.5 Å². The van der Waals surface area contributed by atoms with Gasteiger partial charge < -0.3 is 5.32 Å². The van der Waals surface area contributed by atoms with Crippen molar-refractivity contribution in [2.45, 2.75) is 32.4 Å². The van der Waals surface area contributed by atoms with Crippen LogP contribution in [-0.4, -0.2) is 44.2 Å². The number of aromatic nitrogens is 3. The molecule has 6 nitrogen and oxygen atoms in total. The quantitative estimate of drug-likeness (QED) is 0.745. The molecule has 1 aliphatic rings. The van der Waals surface area contributed by atoms with Crippen molar-refractivity contribution in [3.05, 3.63) is 77.7 Å². The molecule has 0 saturated heterocycles. The van der Waals surface area contributed by atoms with Crippen LogP contribution in [0.4, 0.5) is 0 Å². The van der Waals surface area contributed by atoms with Crippen LogP contribution in [0.5, 0.6) is 0 Å². The largest absolute Gasteiger partial charge is 0.350 e. The molecule has 0 radical (unpaired) electrons. The van der Waals surface area contributed by atoms with Gasteiger partial charge in [-0.15, -0.1) is 0 Å². The molecular formula is C22H25N5O. The van der Waals surface area contributed by atoms with Gasteiger partial charge in [-0.2, -0.15) is 5.10 Å². The highest BCUT2D eigenvalue weighted by atomic mass is 16.1. The summed E-state index contributed by atoms with van der Waals surface area (Å²) >= 11 is 0. The average molecular weight is 375 g/mol. The van der Waals surface area contributed by atoms with Gasteiger partial charge in [0.1, 0.15) is 0 Å². The van der Waals surface area contributed by atoms with Gasteiger partial charge in [0.2, 0.25) is 0 Å². The maximum Gasteiger partial charge on any atom is 0.252 e. The Balaban J connectivity index is 1.37. The monoisotopic (exact) mass is 375 g/mol. The van der Waals surface area contributed by atoms with E-state index in [1.165, 1.54) is 11.1 Å². The molecule has 144 valence electrons. The van der Waals surface area contributed by atoms with Crippen LogP contribution in [0.3, 0.4) is 0 Å². The Morgan fingerprint density at radius 1 is 1.14 bits per heavy atom. The summed E-state index contributed by atoms with van der Waals surface area (Å²) in [4.78, 5) is 19.3. The minimum Gasteiger partial charge on any atom is -0.350 e. The van der Waals surface area contributed by atoms with E-state index in [1.807, 2.05) is 12.3 Å². The molecule has 1 aliphatic heterocycles. The lowest BCUT2D eigenvalue weighted by atomic mass is 9.94. The molecule has 4 rings (SSSR count). The molecule has 0 atom stereocenters. The third-order valence-electron chi connectivity index (χ3n) is 5.42. The fourth-order valence-corrected chi connectivity index (χ4v) is 3.58. The lowest BCUT2D eigenvalue weighted by molar-refractivity contribution is 0.0826. The van der Waals surface area contributed by atoms with Crippen molar-refractivity contribution in [2.24, 2.45) is 0 Å². The first kappa shape index (κ1) is 18.4. The summed E-state index contributed by atoms with van der Waals surface area (Å²) in [6, 6.07) is 14.0.